The Labute approximate surface area is 58.3 Å². The Balaban J connectivity index is 3.68. The summed E-state index contributed by atoms with van der Waals surface area (Å²) in [6, 6.07) is 0. The Kier molecular flexibility index (Phi) is 3.41. The van der Waals surface area contributed by atoms with Crippen LogP contribution in [0.4, 0.5) is 0 Å². The predicted octanol–water partition coefficient (Wildman–Crippen LogP) is 0.751. The molecule has 0 unspecified atom stereocenters. The van der Waals surface area contributed by atoms with Crippen LogP contribution in [0.15, 0.2) is 0 Å². The summed E-state index contributed by atoms with van der Waals surface area (Å²) in [5, 5.41) is 0. The Morgan fingerprint density at radius 2 is 1.67 bits per heavy atom. The summed E-state index contributed by atoms with van der Waals surface area (Å²) in [4.78, 5) is 19.2. The molecule has 0 atom stereocenters. The summed E-state index contributed by atoms with van der Waals surface area (Å²) >= 11 is 0. The Morgan fingerprint density at radius 1 is 1.33 bits per heavy atom. The number of halogens is 1. The third-order valence-corrected chi connectivity index (χ3v) is 1.70. The van der Waals surface area contributed by atoms with Crippen LogP contribution in [0.5, 0.6) is 0 Å². The maximum Gasteiger partial charge on any atom is 0.319 e. The first-order chi connectivity index (χ1) is 4.12. The molecule has 0 bridgehead atoms. The molecule has 0 aliphatic heterocycles. The highest BCUT2D eigenvalue weighted by molar-refractivity contribution is 8.44. The first kappa shape index (κ1) is 8.58. The van der Waals surface area contributed by atoms with Crippen molar-refractivity contribution in [3.05, 3.63) is 0 Å². The summed E-state index contributed by atoms with van der Waals surface area (Å²) < 4.78 is 8.37. The van der Waals surface area contributed by atoms with E-state index in [0.717, 1.165) is 0 Å². The lowest BCUT2D eigenvalue weighted by Gasteiger charge is -2.25. The van der Waals surface area contributed by atoms with Gasteiger partial charge in [-0.2, -0.15) is 0 Å². The maximum atomic E-state index is 9.61. The minimum absolute atomic E-state index is 0.131. The van der Waals surface area contributed by atoms with E-state index in [1.807, 2.05) is 0 Å². The first-order valence-corrected chi connectivity index (χ1v) is 4.56. The Hall–Kier alpha value is -0.420. The van der Waals surface area contributed by atoms with E-state index in [4.69, 9.17) is 10.7 Å². The third-order valence-electron chi connectivity index (χ3n) is 0.422. The third kappa shape index (κ3) is 4.11. The molecule has 0 aliphatic carbocycles. The molecule has 0 radical (unpaired) electrons. The summed E-state index contributed by atoms with van der Waals surface area (Å²) in [6.45, 7) is 0.262. The highest BCUT2D eigenvalue weighted by atomic mass is 35.7. The zero-order valence-corrected chi connectivity index (χ0v) is 6.15. The van der Waals surface area contributed by atoms with Gasteiger partial charge in [0.15, 0.2) is 0 Å². The van der Waals surface area contributed by atoms with Gasteiger partial charge in [0.05, 0.1) is 6.26 Å². The van der Waals surface area contributed by atoms with Gasteiger partial charge < -0.3 is 8.37 Å². The van der Waals surface area contributed by atoms with Gasteiger partial charge in [-0.05, 0) is 9.80 Å². The average Bonchev–Trinajstić information content (AvgIpc) is 1.64. The van der Waals surface area contributed by atoms with Crippen LogP contribution in [0, 0.1) is 0 Å². The van der Waals surface area contributed by atoms with Crippen molar-refractivity contribution in [2.45, 2.75) is 0 Å². The van der Waals surface area contributed by atoms with Crippen molar-refractivity contribution in [2.24, 2.45) is 0 Å². The van der Waals surface area contributed by atoms with Gasteiger partial charge >= 0.3 is 12.9 Å². The van der Waals surface area contributed by atoms with Crippen LogP contribution in [-0.2, 0) is 18.0 Å². The second-order valence-electron chi connectivity index (χ2n) is 1.07. The average molecular weight is 173 g/mol. The largest absolute Gasteiger partial charge is 0.334 e. The van der Waals surface area contributed by atoms with E-state index in [9.17, 15) is 9.59 Å². The lowest BCUT2D eigenvalue weighted by Crippen LogP contribution is -1.97. The Bertz CT molecular complexity index is 102. The molecule has 0 rings (SSSR count). The van der Waals surface area contributed by atoms with Crippen molar-refractivity contribution in [1.29, 1.82) is 0 Å². The summed E-state index contributed by atoms with van der Waals surface area (Å²) in [7, 11) is 2.87. The van der Waals surface area contributed by atoms with Crippen LogP contribution in [0.25, 0.3) is 0 Å². The number of hydrogen-bond acceptors (Lipinski definition) is 4. The molecular weight excluding hydrogens is 168 g/mol. The molecule has 0 amide bonds. The van der Waals surface area contributed by atoms with Gasteiger partial charge in [0, 0.05) is 10.7 Å². The molecule has 4 nitrogen and oxygen atoms in total. The zero-order chi connectivity index (χ0) is 7.33. The molecule has 0 saturated heterocycles. The van der Waals surface area contributed by atoms with Crippen LogP contribution in [-0.4, -0.2) is 19.2 Å². The molecule has 0 fully saturated rings. The number of carbonyl (C=O) groups is 2. The highest BCUT2D eigenvalue weighted by Gasteiger charge is 2.09. The molecule has 0 aromatic carbocycles. The molecule has 54 valence electrons. The minimum atomic E-state index is -2.45. The Morgan fingerprint density at radius 3 is 1.89 bits per heavy atom. The second-order valence-corrected chi connectivity index (χ2v) is 4.50. The monoisotopic (exact) mass is 172 g/mol. The normalized spacial score (nSPS) is 11.8. The summed E-state index contributed by atoms with van der Waals surface area (Å²) in [5.74, 6) is 0. The van der Waals surface area contributed by atoms with Gasteiger partial charge in [-0.3, -0.25) is 9.59 Å². The molecule has 0 aromatic rings. The van der Waals surface area contributed by atoms with E-state index in [1.54, 1.807) is 0 Å². The molecule has 0 saturated carbocycles. The van der Waals surface area contributed by atoms with Crippen molar-refractivity contribution in [1.82, 2.24) is 0 Å². The topological polar surface area (TPSA) is 52.6 Å². The second kappa shape index (κ2) is 3.58. The number of hydrogen-bond donors (Lipinski definition) is 0. The fraction of sp³-hybridized carbons (Fsp3) is 0.333. The van der Waals surface area contributed by atoms with Crippen molar-refractivity contribution < 1.29 is 18.0 Å². The van der Waals surface area contributed by atoms with E-state index in [0.29, 0.717) is 0 Å². The van der Waals surface area contributed by atoms with Gasteiger partial charge in [-0.15, -0.1) is 0 Å². The summed E-state index contributed by atoms with van der Waals surface area (Å²) in [6.07, 6.45) is 1.30. The van der Waals surface area contributed by atoms with Crippen molar-refractivity contribution in [3.63, 3.8) is 0 Å². The molecular formula is C3H5ClO4S. The molecule has 0 aromatic heterocycles. The maximum absolute atomic E-state index is 9.61. The van der Waals surface area contributed by atoms with Crippen molar-refractivity contribution in [3.8, 4) is 0 Å². The highest BCUT2D eigenvalue weighted by Crippen LogP contribution is 2.50. The lowest BCUT2D eigenvalue weighted by atomic mass is 11.7. The lowest BCUT2D eigenvalue weighted by molar-refractivity contribution is -0.122. The first-order valence-electron chi connectivity index (χ1n) is 1.84. The number of carbonyl (C=O) groups excluding carboxylic acids is 2. The molecule has 0 heterocycles. The minimum Gasteiger partial charge on any atom is -0.334 e. The van der Waals surface area contributed by atoms with Crippen molar-refractivity contribution in [2.75, 3.05) is 6.26 Å². The van der Waals surface area contributed by atoms with E-state index >= 15 is 0 Å². The fourth-order valence-electron chi connectivity index (χ4n) is 0.163. The van der Waals surface area contributed by atoms with Gasteiger partial charge in [0.2, 0.25) is 0 Å². The van der Waals surface area contributed by atoms with Crippen LogP contribution in [0.1, 0.15) is 0 Å². The molecule has 6 heteroatoms. The zero-order valence-electron chi connectivity index (χ0n) is 4.57. The van der Waals surface area contributed by atoms with E-state index in [1.165, 1.54) is 6.26 Å². The molecule has 0 aliphatic rings. The van der Waals surface area contributed by atoms with Crippen LogP contribution >= 0.6 is 20.5 Å². The summed E-state index contributed by atoms with van der Waals surface area (Å²) in [5.41, 5.74) is 0. The van der Waals surface area contributed by atoms with Crippen LogP contribution < -0.4 is 0 Å². The van der Waals surface area contributed by atoms with Crippen molar-refractivity contribution >= 4 is 33.4 Å². The van der Waals surface area contributed by atoms with Gasteiger partial charge in [-0.25, -0.2) is 0 Å². The van der Waals surface area contributed by atoms with E-state index < -0.39 is 9.80 Å². The molecule has 0 spiro atoms. The molecule has 9 heavy (non-hydrogen) atoms. The van der Waals surface area contributed by atoms with Crippen LogP contribution in [0.3, 0.4) is 0 Å². The number of rotatable bonds is 4. The smallest absolute Gasteiger partial charge is 0.319 e. The standard InChI is InChI=1S/C3H5ClO4S/c1-9(4,7-2-5)8-3-6/h2-3H,1H3. The van der Waals surface area contributed by atoms with Gasteiger partial charge in [0.1, 0.15) is 0 Å². The van der Waals surface area contributed by atoms with Gasteiger partial charge in [0.25, 0.3) is 0 Å². The van der Waals surface area contributed by atoms with Crippen LogP contribution in [0.2, 0.25) is 0 Å². The van der Waals surface area contributed by atoms with E-state index in [-0.39, 0.29) is 12.9 Å². The fourth-order valence-corrected chi connectivity index (χ4v) is 0.667. The quantitative estimate of drug-likeness (QED) is 0.588. The van der Waals surface area contributed by atoms with E-state index in [2.05, 4.69) is 8.37 Å². The van der Waals surface area contributed by atoms with Gasteiger partial charge in [-0.1, -0.05) is 0 Å². The SMILES string of the molecule is CS(Cl)(OC=O)OC=O. The predicted molar refractivity (Wildman–Crippen MR) is 33.7 cm³/mol. The molecule has 0 N–H and O–H groups in total.